The minimum atomic E-state index is -3.26. The summed E-state index contributed by atoms with van der Waals surface area (Å²) in [5.74, 6) is 1.33. The van der Waals surface area contributed by atoms with Crippen molar-refractivity contribution in [3.8, 4) is 0 Å². The third-order valence-electron chi connectivity index (χ3n) is 2.75. The zero-order valence-corrected chi connectivity index (χ0v) is 13.1. The van der Waals surface area contributed by atoms with Gasteiger partial charge in [0.15, 0.2) is 0 Å². The maximum absolute atomic E-state index is 11.8. The molecule has 2 rings (SSSR count). The van der Waals surface area contributed by atoms with E-state index in [4.69, 9.17) is 10.2 Å². The first kappa shape index (κ1) is 15.9. The van der Waals surface area contributed by atoms with E-state index < -0.39 is 10.0 Å². The normalized spacial score (nSPS) is 11.6. The van der Waals surface area contributed by atoms with Gasteiger partial charge in [0.05, 0.1) is 12.0 Å². The first-order valence-electron chi connectivity index (χ1n) is 6.53. The lowest BCUT2D eigenvalue weighted by molar-refractivity contribution is 0.506. The minimum Gasteiger partial charge on any atom is -0.469 e. The largest absolute Gasteiger partial charge is 0.469 e. The zero-order chi connectivity index (χ0) is 15.1. The van der Waals surface area contributed by atoms with Gasteiger partial charge in [-0.1, -0.05) is 6.07 Å². The Morgan fingerprint density at radius 1 is 1.24 bits per heavy atom. The highest BCUT2D eigenvalue weighted by atomic mass is 32.2. The summed E-state index contributed by atoms with van der Waals surface area (Å²) in [6.07, 6.45) is 2.13. The molecule has 114 valence electrons. The van der Waals surface area contributed by atoms with Crippen molar-refractivity contribution in [1.29, 1.82) is 0 Å². The lowest BCUT2D eigenvalue weighted by Gasteiger charge is -2.06. The van der Waals surface area contributed by atoms with E-state index in [9.17, 15) is 8.42 Å². The van der Waals surface area contributed by atoms with Gasteiger partial charge in [-0.25, -0.2) is 13.1 Å². The van der Waals surface area contributed by atoms with Gasteiger partial charge in [0.2, 0.25) is 10.0 Å². The van der Waals surface area contributed by atoms with Gasteiger partial charge in [0.25, 0.3) is 0 Å². The molecule has 5 nitrogen and oxygen atoms in total. The monoisotopic (exact) mass is 326 g/mol. The van der Waals surface area contributed by atoms with Gasteiger partial charge in [0.1, 0.15) is 5.76 Å². The predicted octanol–water partition coefficient (Wildman–Crippen LogP) is 2.12. The predicted molar refractivity (Wildman–Crippen MR) is 85.8 cm³/mol. The molecule has 0 spiro atoms. The molecule has 1 aromatic carbocycles. The summed E-state index contributed by atoms with van der Waals surface area (Å²) in [6.45, 7) is 0.346. The summed E-state index contributed by atoms with van der Waals surface area (Å²) >= 11 is 1.47. The first-order valence-corrected chi connectivity index (χ1v) is 9.17. The molecule has 7 heteroatoms. The molecule has 0 amide bonds. The van der Waals surface area contributed by atoms with Crippen LogP contribution in [0.25, 0.3) is 0 Å². The number of sulfonamides is 1. The molecule has 0 unspecified atom stereocenters. The molecule has 0 radical (unpaired) electrons. The summed E-state index contributed by atoms with van der Waals surface area (Å²) in [5.41, 5.74) is 6.36. The summed E-state index contributed by atoms with van der Waals surface area (Å²) in [6, 6.07) is 11.0. The number of anilines is 1. The second-order valence-electron chi connectivity index (χ2n) is 4.46. The molecule has 0 bridgehead atoms. The van der Waals surface area contributed by atoms with Crippen molar-refractivity contribution in [2.45, 2.75) is 11.3 Å². The van der Waals surface area contributed by atoms with Gasteiger partial charge in [0, 0.05) is 29.3 Å². The molecule has 1 heterocycles. The van der Waals surface area contributed by atoms with Crippen LogP contribution < -0.4 is 10.5 Å². The van der Waals surface area contributed by atoms with E-state index in [0.29, 0.717) is 24.4 Å². The van der Waals surface area contributed by atoms with Crippen LogP contribution in [-0.4, -0.2) is 26.5 Å². The quantitative estimate of drug-likeness (QED) is 0.573. The van der Waals surface area contributed by atoms with Crippen LogP contribution in [0.5, 0.6) is 0 Å². The SMILES string of the molecule is Nc1cccc(SCCS(=O)(=O)NCCc2ccco2)c1. The van der Waals surface area contributed by atoms with Crippen LogP contribution in [-0.2, 0) is 16.4 Å². The van der Waals surface area contributed by atoms with Crippen molar-refractivity contribution in [2.24, 2.45) is 0 Å². The Hall–Kier alpha value is -1.44. The number of rotatable bonds is 8. The Kier molecular flexibility index (Phi) is 5.72. The first-order chi connectivity index (χ1) is 10.1. The maximum atomic E-state index is 11.8. The van der Waals surface area contributed by atoms with Crippen LogP contribution in [0.1, 0.15) is 5.76 Å². The maximum Gasteiger partial charge on any atom is 0.212 e. The highest BCUT2D eigenvalue weighted by Gasteiger charge is 2.10. The molecule has 2 aromatic rings. The summed E-state index contributed by atoms with van der Waals surface area (Å²) in [5, 5.41) is 0. The highest BCUT2D eigenvalue weighted by molar-refractivity contribution is 8.00. The van der Waals surface area contributed by atoms with Crippen molar-refractivity contribution in [2.75, 3.05) is 23.8 Å². The fraction of sp³-hybridized carbons (Fsp3) is 0.286. The lowest BCUT2D eigenvalue weighted by atomic mass is 10.3. The molecule has 1 aromatic heterocycles. The third-order valence-corrected chi connectivity index (χ3v) is 5.39. The summed E-state index contributed by atoms with van der Waals surface area (Å²) in [4.78, 5) is 0.973. The number of benzene rings is 1. The molecule has 0 aliphatic carbocycles. The molecule has 0 atom stereocenters. The molecule has 0 fully saturated rings. The van der Waals surface area contributed by atoms with Crippen molar-refractivity contribution >= 4 is 27.5 Å². The van der Waals surface area contributed by atoms with E-state index in [1.54, 1.807) is 18.4 Å². The Morgan fingerprint density at radius 2 is 2.10 bits per heavy atom. The topological polar surface area (TPSA) is 85.3 Å². The van der Waals surface area contributed by atoms with Crippen LogP contribution in [0.3, 0.4) is 0 Å². The number of furan rings is 1. The molecule has 0 saturated heterocycles. The molecular weight excluding hydrogens is 308 g/mol. The average Bonchev–Trinajstić information content (AvgIpc) is 2.91. The average molecular weight is 326 g/mol. The highest BCUT2D eigenvalue weighted by Crippen LogP contribution is 2.20. The smallest absolute Gasteiger partial charge is 0.212 e. The van der Waals surface area contributed by atoms with Gasteiger partial charge in [-0.15, -0.1) is 11.8 Å². The molecular formula is C14H18N2O3S2. The van der Waals surface area contributed by atoms with Crippen LogP contribution in [0.2, 0.25) is 0 Å². The van der Waals surface area contributed by atoms with E-state index >= 15 is 0 Å². The third kappa shape index (κ3) is 5.82. The summed E-state index contributed by atoms with van der Waals surface area (Å²) in [7, 11) is -3.26. The number of nitrogen functional groups attached to an aromatic ring is 1. The Balaban J connectivity index is 1.71. The van der Waals surface area contributed by atoms with Crippen molar-refractivity contribution < 1.29 is 12.8 Å². The second kappa shape index (κ2) is 7.53. The van der Waals surface area contributed by atoms with E-state index in [2.05, 4.69) is 4.72 Å². The van der Waals surface area contributed by atoms with Gasteiger partial charge in [-0.3, -0.25) is 0 Å². The zero-order valence-electron chi connectivity index (χ0n) is 11.5. The summed E-state index contributed by atoms with van der Waals surface area (Å²) < 4.78 is 31.4. The molecule has 3 N–H and O–H groups in total. The minimum absolute atomic E-state index is 0.0740. The van der Waals surface area contributed by atoms with Gasteiger partial charge < -0.3 is 10.2 Å². The van der Waals surface area contributed by atoms with E-state index in [0.717, 1.165) is 10.7 Å². The van der Waals surface area contributed by atoms with Crippen molar-refractivity contribution in [1.82, 2.24) is 4.72 Å². The van der Waals surface area contributed by atoms with E-state index in [-0.39, 0.29) is 5.75 Å². The number of thioether (sulfide) groups is 1. The van der Waals surface area contributed by atoms with Crippen LogP contribution in [0.15, 0.2) is 52.0 Å². The number of hydrogen-bond acceptors (Lipinski definition) is 5. The van der Waals surface area contributed by atoms with Crippen LogP contribution >= 0.6 is 11.8 Å². The van der Waals surface area contributed by atoms with Crippen molar-refractivity contribution in [3.05, 3.63) is 48.4 Å². The van der Waals surface area contributed by atoms with E-state index in [1.807, 2.05) is 24.3 Å². The Morgan fingerprint density at radius 3 is 2.81 bits per heavy atom. The molecule has 0 aliphatic rings. The van der Waals surface area contributed by atoms with Gasteiger partial charge in [-0.05, 0) is 30.3 Å². The number of nitrogens with one attached hydrogen (secondary N) is 1. The van der Waals surface area contributed by atoms with Crippen molar-refractivity contribution in [3.63, 3.8) is 0 Å². The second-order valence-corrected chi connectivity index (χ2v) is 7.56. The van der Waals surface area contributed by atoms with Crippen LogP contribution in [0, 0.1) is 0 Å². The molecule has 0 saturated carbocycles. The lowest BCUT2D eigenvalue weighted by Crippen LogP contribution is -2.29. The van der Waals surface area contributed by atoms with Gasteiger partial charge >= 0.3 is 0 Å². The molecule has 0 aliphatic heterocycles. The van der Waals surface area contributed by atoms with Crippen LogP contribution in [0.4, 0.5) is 5.69 Å². The Labute approximate surface area is 129 Å². The van der Waals surface area contributed by atoms with E-state index in [1.165, 1.54) is 11.8 Å². The number of hydrogen-bond donors (Lipinski definition) is 2. The fourth-order valence-corrected chi connectivity index (χ4v) is 4.13. The number of nitrogens with two attached hydrogens (primary N) is 1. The Bertz CT molecular complexity index is 655. The molecule has 21 heavy (non-hydrogen) atoms. The standard InChI is InChI=1S/C14H18N2O3S2/c15-12-3-1-5-14(11-12)20-9-10-21(17,18)16-7-6-13-4-2-8-19-13/h1-5,8,11,16H,6-7,9-10,15H2. The van der Waals surface area contributed by atoms with Gasteiger partial charge in [-0.2, -0.15) is 0 Å². The fourth-order valence-electron chi connectivity index (χ4n) is 1.73.